The number of hydrogen-bond acceptors (Lipinski definition) is 4. The van der Waals surface area contributed by atoms with Crippen molar-refractivity contribution in [1.29, 1.82) is 0 Å². The second kappa shape index (κ2) is 8.26. The summed E-state index contributed by atoms with van der Waals surface area (Å²) in [6, 6.07) is 10.1. The predicted molar refractivity (Wildman–Crippen MR) is 121 cm³/mol. The molecule has 3 aromatic rings. The Kier molecular flexibility index (Phi) is 5.69. The Bertz CT molecular complexity index is 1070. The average molecular weight is 426 g/mol. The van der Waals surface area contributed by atoms with Crippen LogP contribution in [0.1, 0.15) is 38.1 Å². The molecule has 3 heterocycles. The normalized spacial score (nSPS) is 15.2. The van der Waals surface area contributed by atoms with Gasteiger partial charge in [-0.2, -0.15) is 9.61 Å². The van der Waals surface area contributed by atoms with Crippen molar-refractivity contribution in [3.63, 3.8) is 0 Å². The molecule has 0 unspecified atom stereocenters. The number of aromatic nitrogens is 3. The fourth-order valence-electron chi connectivity index (χ4n) is 4.18. The van der Waals surface area contributed by atoms with Crippen LogP contribution in [-0.2, 0) is 4.79 Å². The van der Waals surface area contributed by atoms with Gasteiger partial charge in [0, 0.05) is 47.4 Å². The number of aryl methyl sites for hydroxylation is 2. The molecule has 0 atom stereocenters. The number of fused-ring (bicyclic) bond motifs is 1. The zero-order valence-electron chi connectivity index (χ0n) is 17.9. The van der Waals surface area contributed by atoms with Crippen LogP contribution in [-0.4, -0.2) is 39.6 Å². The summed E-state index contributed by atoms with van der Waals surface area (Å²) < 4.78 is 1.95. The molecule has 0 spiro atoms. The molecule has 7 heteroatoms. The van der Waals surface area contributed by atoms with E-state index in [1.54, 1.807) is 0 Å². The van der Waals surface area contributed by atoms with Crippen LogP contribution in [0.5, 0.6) is 0 Å². The van der Waals surface area contributed by atoms with Crippen molar-refractivity contribution in [1.82, 2.24) is 19.9 Å². The van der Waals surface area contributed by atoms with Gasteiger partial charge in [0.2, 0.25) is 5.91 Å². The van der Waals surface area contributed by atoms with Crippen molar-refractivity contribution in [3.05, 3.63) is 46.7 Å². The summed E-state index contributed by atoms with van der Waals surface area (Å²) in [6.45, 7) is 9.68. The first-order valence-corrected chi connectivity index (χ1v) is 10.9. The molecular weight excluding hydrogens is 398 g/mol. The number of nitrogens with zero attached hydrogens (tertiary/aromatic N) is 4. The summed E-state index contributed by atoms with van der Waals surface area (Å²) in [7, 11) is 0. The molecule has 1 aliphatic rings. The van der Waals surface area contributed by atoms with E-state index in [0.717, 1.165) is 59.9 Å². The highest BCUT2D eigenvalue weighted by Gasteiger charge is 2.27. The van der Waals surface area contributed by atoms with Crippen LogP contribution in [0.15, 0.2) is 30.3 Å². The Balaban J connectivity index is 1.65. The number of rotatable bonds is 4. The SMILES string of the molecule is Cc1cc(N2CCC(C(=O)NC(C)C)CC2)n2nc(C)c(-c3ccc(Cl)cc3)c2n1. The number of carbonyl (C=O) groups excluding carboxylic acids is 1. The van der Waals surface area contributed by atoms with Gasteiger partial charge in [-0.3, -0.25) is 4.79 Å². The predicted octanol–water partition coefficient (Wildman–Crippen LogP) is 4.41. The van der Waals surface area contributed by atoms with E-state index in [9.17, 15) is 4.79 Å². The molecular formula is C23H28ClN5O. The van der Waals surface area contributed by atoms with E-state index >= 15 is 0 Å². The van der Waals surface area contributed by atoms with Gasteiger partial charge in [-0.1, -0.05) is 23.7 Å². The molecule has 0 saturated carbocycles. The second-order valence-electron chi connectivity index (χ2n) is 8.38. The summed E-state index contributed by atoms with van der Waals surface area (Å²) in [5, 5.41) is 8.58. The van der Waals surface area contributed by atoms with E-state index in [4.69, 9.17) is 21.7 Å². The van der Waals surface area contributed by atoms with Gasteiger partial charge in [-0.05, 0) is 58.2 Å². The van der Waals surface area contributed by atoms with Gasteiger partial charge in [-0.25, -0.2) is 4.98 Å². The van der Waals surface area contributed by atoms with Crippen molar-refractivity contribution >= 4 is 29.0 Å². The maximum atomic E-state index is 12.4. The monoisotopic (exact) mass is 425 g/mol. The Labute approximate surface area is 182 Å². The molecule has 1 aliphatic heterocycles. The van der Waals surface area contributed by atoms with Gasteiger partial charge in [0.15, 0.2) is 5.65 Å². The molecule has 0 bridgehead atoms. The summed E-state index contributed by atoms with van der Waals surface area (Å²) in [5.74, 6) is 1.27. The molecule has 1 saturated heterocycles. The summed E-state index contributed by atoms with van der Waals surface area (Å²) in [6.07, 6.45) is 1.68. The standard InChI is InChI=1S/C23H28ClN5O/c1-14(2)25-23(30)18-9-11-28(12-10-18)20-13-15(3)26-22-21(16(4)27-29(20)22)17-5-7-19(24)8-6-17/h5-8,13-14,18H,9-12H2,1-4H3,(H,25,30). The number of hydrogen-bond donors (Lipinski definition) is 1. The lowest BCUT2D eigenvalue weighted by molar-refractivity contribution is -0.126. The summed E-state index contributed by atoms with van der Waals surface area (Å²) in [5.41, 5.74) is 4.82. The van der Waals surface area contributed by atoms with Crippen LogP contribution in [0.25, 0.3) is 16.8 Å². The van der Waals surface area contributed by atoms with Crippen molar-refractivity contribution in [3.8, 4) is 11.1 Å². The van der Waals surface area contributed by atoms with Crippen LogP contribution in [0, 0.1) is 19.8 Å². The molecule has 2 aromatic heterocycles. The minimum atomic E-state index is 0.0751. The molecule has 1 amide bonds. The fraction of sp³-hybridized carbons (Fsp3) is 0.435. The van der Waals surface area contributed by atoms with E-state index in [-0.39, 0.29) is 17.9 Å². The molecule has 30 heavy (non-hydrogen) atoms. The molecule has 158 valence electrons. The maximum Gasteiger partial charge on any atom is 0.223 e. The second-order valence-corrected chi connectivity index (χ2v) is 8.82. The number of anilines is 1. The molecule has 6 nitrogen and oxygen atoms in total. The third kappa shape index (κ3) is 4.01. The lowest BCUT2D eigenvalue weighted by Gasteiger charge is -2.33. The highest BCUT2D eigenvalue weighted by atomic mass is 35.5. The quantitative estimate of drug-likeness (QED) is 0.672. The minimum absolute atomic E-state index is 0.0751. The Morgan fingerprint density at radius 1 is 1.17 bits per heavy atom. The van der Waals surface area contributed by atoms with Crippen molar-refractivity contribution < 1.29 is 4.79 Å². The fourth-order valence-corrected chi connectivity index (χ4v) is 4.30. The molecule has 0 aliphatic carbocycles. The van der Waals surface area contributed by atoms with Gasteiger partial charge in [0.05, 0.1) is 5.69 Å². The smallest absolute Gasteiger partial charge is 0.223 e. The highest BCUT2D eigenvalue weighted by molar-refractivity contribution is 6.30. The molecule has 4 rings (SSSR count). The number of amides is 1. The number of halogens is 1. The van der Waals surface area contributed by atoms with Crippen LogP contribution < -0.4 is 10.2 Å². The van der Waals surface area contributed by atoms with Gasteiger partial charge in [0.25, 0.3) is 0 Å². The van der Waals surface area contributed by atoms with Crippen LogP contribution >= 0.6 is 11.6 Å². The van der Waals surface area contributed by atoms with Crippen LogP contribution in [0.4, 0.5) is 5.82 Å². The first-order valence-electron chi connectivity index (χ1n) is 10.5. The van der Waals surface area contributed by atoms with Crippen LogP contribution in [0.2, 0.25) is 5.02 Å². The van der Waals surface area contributed by atoms with Gasteiger partial charge in [0.1, 0.15) is 5.82 Å². The topological polar surface area (TPSA) is 62.5 Å². The number of piperidine rings is 1. The van der Waals surface area contributed by atoms with E-state index in [1.807, 2.05) is 56.5 Å². The zero-order chi connectivity index (χ0) is 21.4. The van der Waals surface area contributed by atoms with Crippen molar-refractivity contribution in [2.75, 3.05) is 18.0 Å². The number of carbonyl (C=O) groups is 1. The Hall–Kier alpha value is -2.60. The first-order chi connectivity index (χ1) is 14.3. The Morgan fingerprint density at radius 2 is 1.83 bits per heavy atom. The average Bonchev–Trinajstić information content (AvgIpc) is 3.03. The largest absolute Gasteiger partial charge is 0.356 e. The lowest BCUT2D eigenvalue weighted by Crippen LogP contribution is -2.43. The summed E-state index contributed by atoms with van der Waals surface area (Å²) in [4.78, 5) is 19.5. The number of nitrogens with one attached hydrogen (secondary N) is 1. The molecule has 0 radical (unpaired) electrons. The molecule has 1 N–H and O–H groups in total. The maximum absolute atomic E-state index is 12.4. The third-order valence-electron chi connectivity index (χ3n) is 5.63. The van der Waals surface area contributed by atoms with E-state index in [2.05, 4.69) is 16.3 Å². The minimum Gasteiger partial charge on any atom is -0.356 e. The number of benzene rings is 1. The lowest BCUT2D eigenvalue weighted by atomic mass is 9.95. The molecule has 1 aromatic carbocycles. The van der Waals surface area contributed by atoms with Gasteiger partial charge >= 0.3 is 0 Å². The van der Waals surface area contributed by atoms with Gasteiger partial charge in [-0.15, -0.1) is 0 Å². The highest BCUT2D eigenvalue weighted by Crippen LogP contribution is 2.32. The van der Waals surface area contributed by atoms with E-state index in [1.165, 1.54) is 0 Å². The molecule has 1 fully saturated rings. The van der Waals surface area contributed by atoms with Crippen molar-refractivity contribution in [2.45, 2.75) is 46.6 Å². The third-order valence-corrected chi connectivity index (χ3v) is 5.88. The van der Waals surface area contributed by atoms with E-state index in [0.29, 0.717) is 5.02 Å². The Morgan fingerprint density at radius 3 is 2.47 bits per heavy atom. The van der Waals surface area contributed by atoms with Crippen molar-refractivity contribution in [2.24, 2.45) is 5.92 Å². The van der Waals surface area contributed by atoms with E-state index < -0.39 is 0 Å². The summed E-state index contributed by atoms with van der Waals surface area (Å²) >= 11 is 6.07. The van der Waals surface area contributed by atoms with Crippen LogP contribution in [0.3, 0.4) is 0 Å². The zero-order valence-corrected chi connectivity index (χ0v) is 18.7. The van der Waals surface area contributed by atoms with Gasteiger partial charge < -0.3 is 10.2 Å². The first kappa shape index (κ1) is 20.7.